The van der Waals surface area contributed by atoms with Crippen LogP contribution in [-0.2, 0) is 5.41 Å². The van der Waals surface area contributed by atoms with Crippen LogP contribution in [0.1, 0.15) is 32.8 Å². The minimum Gasteiger partial charge on any atom is -0.495 e. The van der Waals surface area contributed by atoms with Gasteiger partial charge in [0.15, 0.2) is 0 Å². The second kappa shape index (κ2) is 5.93. The Morgan fingerprint density at radius 1 is 1.28 bits per heavy atom. The second-order valence-electron chi connectivity index (χ2n) is 5.10. The van der Waals surface area contributed by atoms with E-state index in [0.29, 0.717) is 6.42 Å². The summed E-state index contributed by atoms with van der Waals surface area (Å²) in [6.07, 6.45) is 0.313. The molecule has 18 heavy (non-hydrogen) atoms. The largest absolute Gasteiger partial charge is 0.495 e. The Morgan fingerprint density at radius 3 is 2.33 bits per heavy atom. The van der Waals surface area contributed by atoms with Crippen LogP contribution in [0.5, 0.6) is 11.5 Å². The lowest BCUT2D eigenvalue weighted by Crippen LogP contribution is -2.23. The summed E-state index contributed by atoms with van der Waals surface area (Å²) in [5.74, 6) is 1.50. The lowest BCUT2D eigenvalue weighted by molar-refractivity contribution is 0.156. The Bertz CT molecular complexity index is 414. The number of rotatable bonds is 5. The summed E-state index contributed by atoms with van der Waals surface area (Å²) in [5.41, 5.74) is 0.882. The van der Waals surface area contributed by atoms with Gasteiger partial charge in [-0.1, -0.05) is 19.9 Å². The quantitative estimate of drug-likeness (QED) is 0.903. The lowest BCUT2D eigenvalue weighted by Gasteiger charge is -2.29. The van der Waals surface area contributed by atoms with Crippen LogP contribution in [0.15, 0.2) is 16.6 Å². The van der Waals surface area contributed by atoms with E-state index in [0.717, 1.165) is 21.5 Å². The maximum atomic E-state index is 9.61. The van der Waals surface area contributed by atoms with E-state index >= 15 is 0 Å². The van der Waals surface area contributed by atoms with E-state index in [2.05, 4.69) is 29.8 Å². The molecule has 4 heteroatoms. The van der Waals surface area contributed by atoms with E-state index in [4.69, 9.17) is 9.47 Å². The van der Waals surface area contributed by atoms with Gasteiger partial charge in [0.25, 0.3) is 0 Å². The molecule has 0 aromatic heterocycles. The summed E-state index contributed by atoms with van der Waals surface area (Å²) in [6.45, 7) is 5.99. The fourth-order valence-corrected chi connectivity index (χ4v) is 2.95. The van der Waals surface area contributed by atoms with Crippen molar-refractivity contribution in [2.75, 3.05) is 14.2 Å². The van der Waals surface area contributed by atoms with E-state index in [1.54, 1.807) is 21.1 Å². The van der Waals surface area contributed by atoms with Crippen molar-refractivity contribution in [3.8, 4) is 11.5 Å². The zero-order valence-corrected chi connectivity index (χ0v) is 13.2. The molecule has 0 aliphatic carbocycles. The van der Waals surface area contributed by atoms with Gasteiger partial charge in [-0.15, -0.1) is 0 Å². The zero-order chi connectivity index (χ0) is 13.9. The molecule has 0 radical (unpaired) electrons. The Balaban J connectivity index is 3.28. The molecule has 3 nitrogen and oxygen atoms in total. The molecule has 102 valence electrons. The van der Waals surface area contributed by atoms with Gasteiger partial charge >= 0.3 is 0 Å². The van der Waals surface area contributed by atoms with Crippen LogP contribution in [0, 0.1) is 0 Å². The summed E-state index contributed by atoms with van der Waals surface area (Å²) in [7, 11) is 3.27. The van der Waals surface area contributed by atoms with Crippen LogP contribution in [-0.4, -0.2) is 25.4 Å². The highest BCUT2D eigenvalue weighted by molar-refractivity contribution is 9.10. The Morgan fingerprint density at radius 2 is 1.89 bits per heavy atom. The number of ether oxygens (including phenoxy) is 2. The number of aliphatic hydroxyl groups excluding tert-OH is 1. The highest BCUT2D eigenvalue weighted by Gasteiger charge is 2.28. The number of hydrogen-bond donors (Lipinski definition) is 1. The number of aliphatic hydroxyl groups is 1. The van der Waals surface area contributed by atoms with Crippen LogP contribution < -0.4 is 9.47 Å². The third kappa shape index (κ3) is 3.18. The third-order valence-electron chi connectivity index (χ3n) is 3.02. The molecule has 1 rings (SSSR count). The van der Waals surface area contributed by atoms with Crippen molar-refractivity contribution in [1.29, 1.82) is 0 Å². The molecular weight excluding hydrogens is 296 g/mol. The number of halogens is 1. The minimum absolute atomic E-state index is 0.172. The van der Waals surface area contributed by atoms with Gasteiger partial charge < -0.3 is 14.6 Å². The number of methoxy groups -OCH3 is 2. The second-order valence-corrected chi connectivity index (χ2v) is 5.89. The first-order valence-corrected chi connectivity index (χ1v) is 6.71. The average molecular weight is 317 g/mol. The maximum absolute atomic E-state index is 9.61. The molecular formula is C14H21BrO3. The van der Waals surface area contributed by atoms with E-state index in [-0.39, 0.29) is 11.5 Å². The lowest BCUT2D eigenvalue weighted by atomic mass is 9.79. The van der Waals surface area contributed by atoms with Crippen molar-refractivity contribution in [2.45, 2.75) is 38.7 Å². The monoisotopic (exact) mass is 316 g/mol. The van der Waals surface area contributed by atoms with Gasteiger partial charge in [0, 0.05) is 5.56 Å². The van der Waals surface area contributed by atoms with Gasteiger partial charge in [0.05, 0.1) is 20.3 Å². The van der Waals surface area contributed by atoms with Crippen molar-refractivity contribution in [3.05, 3.63) is 22.2 Å². The van der Waals surface area contributed by atoms with Crippen LogP contribution in [0.3, 0.4) is 0 Å². The van der Waals surface area contributed by atoms with Crippen LogP contribution >= 0.6 is 15.9 Å². The number of benzene rings is 1. The standard InChI is InChI=1S/C14H21BrO3/c1-9(16)8-14(2,3)10-6-7-11(17-4)12(15)13(10)18-5/h6-7,9,16H,8H2,1-5H3. The first kappa shape index (κ1) is 15.3. The summed E-state index contributed by atoms with van der Waals surface area (Å²) < 4.78 is 11.5. The SMILES string of the molecule is COc1ccc(C(C)(C)CC(C)O)c(OC)c1Br. The normalized spacial score (nSPS) is 13.3. The maximum Gasteiger partial charge on any atom is 0.140 e. The molecule has 1 unspecified atom stereocenters. The highest BCUT2D eigenvalue weighted by Crippen LogP contribution is 2.43. The molecule has 1 atom stereocenters. The molecule has 0 saturated heterocycles. The molecule has 0 spiro atoms. The summed E-state index contributed by atoms with van der Waals surface area (Å²) in [6, 6.07) is 3.90. The predicted molar refractivity (Wildman–Crippen MR) is 76.6 cm³/mol. The Kier molecular flexibility index (Phi) is 5.05. The molecule has 0 fully saturated rings. The van der Waals surface area contributed by atoms with E-state index < -0.39 is 0 Å². The van der Waals surface area contributed by atoms with Crippen molar-refractivity contribution in [1.82, 2.24) is 0 Å². The smallest absolute Gasteiger partial charge is 0.140 e. The first-order valence-electron chi connectivity index (χ1n) is 5.92. The zero-order valence-electron chi connectivity index (χ0n) is 11.6. The topological polar surface area (TPSA) is 38.7 Å². The van der Waals surface area contributed by atoms with Gasteiger partial charge in [-0.25, -0.2) is 0 Å². The molecule has 0 aliphatic heterocycles. The van der Waals surface area contributed by atoms with Crippen molar-refractivity contribution in [2.24, 2.45) is 0 Å². The van der Waals surface area contributed by atoms with E-state index in [1.165, 1.54) is 0 Å². The number of hydrogen-bond acceptors (Lipinski definition) is 3. The van der Waals surface area contributed by atoms with Crippen molar-refractivity contribution in [3.63, 3.8) is 0 Å². The van der Waals surface area contributed by atoms with Gasteiger partial charge in [-0.3, -0.25) is 0 Å². The summed E-state index contributed by atoms with van der Waals surface area (Å²) >= 11 is 3.50. The molecule has 1 N–H and O–H groups in total. The van der Waals surface area contributed by atoms with Crippen molar-refractivity contribution < 1.29 is 14.6 Å². The Hall–Kier alpha value is -0.740. The first-order chi connectivity index (χ1) is 8.33. The molecule has 0 amide bonds. The third-order valence-corrected chi connectivity index (χ3v) is 3.77. The average Bonchev–Trinajstić information content (AvgIpc) is 2.26. The van der Waals surface area contributed by atoms with Gasteiger partial charge in [-0.05, 0) is 40.8 Å². The van der Waals surface area contributed by atoms with Crippen LogP contribution in [0.25, 0.3) is 0 Å². The summed E-state index contributed by atoms with van der Waals surface area (Å²) in [5, 5.41) is 9.61. The molecule has 0 aliphatic rings. The van der Waals surface area contributed by atoms with Crippen LogP contribution in [0.2, 0.25) is 0 Å². The van der Waals surface area contributed by atoms with Gasteiger partial charge in [0.2, 0.25) is 0 Å². The van der Waals surface area contributed by atoms with Crippen LogP contribution in [0.4, 0.5) is 0 Å². The van der Waals surface area contributed by atoms with Crippen molar-refractivity contribution >= 4 is 15.9 Å². The fraction of sp³-hybridized carbons (Fsp3) is 0.571. The fourth-order valence-electron chi connectivity index (χ4n) is 2.28. The molecule has 1 aromatic carbocycles. The van der Waals surface area contributed by atoms with E-state index in [1.807, 2.05) is 12.1 Å². The van der Waals surface area contributed by atoms with Gasteiger partial charge in [0.1, 0.15) is 16.0 Å². The predicted octanol–water partition coefficient (Wildman–Crippen LogP) is 3.51. The highest BCUT2D eigenvalue weighted by atomic mass is 79.9. The minimum atomic E-state index is -0.356. The van der Waals surface area contributed by atoms with Gasteiger partial charge in [-0.2, -0.15) is 0 Å². The molecule has 0 bridgehead atoms. The summed E-state index contributed by atoms with van der Waals surface area (Å²) in [4.78, 5) is 0. The van der Waals surface area contributed by atoms with E-state index in [9.17, 15) is 5.11 Å². The molecule has 1 aromatic rings. The molecule has 0 heterocycles. The molecule has 0 saturated carbocycles. The Labute approximate surface area is 117 Å².